The van der Waals surface area contributed by atoms with E-state index in [1.54, 1.807) is 23.3 Å². The van der Waals surface area contributed by atoms with Crippen molar-refractivity contribution in [3.8, 4) is 11.1 Å². The van der Waals surface area contributed by atoms with E-state index in [9.17, 15) is 18.8 Å². The maximum atomic E-state index is 14.3. The van der Waals surface area contributed by atoms with Gasteiger partial charge in [-0.05, 0) is 79.8 Å². The van der Waals surface area contributed by atoms with Gasteiger partial charge in [-0.15, -0.1) is 0 Å². The SMILES string of the molecule is COC(=O)Nc1ccccc1-c1ccc(CN2C(=O)[C@H](NC(=O)CC(C)(C)NCc3ccco3)CCc3cc(F)ccc32)cc1. The summed E-state index contributed by atoms with van der Waals surface area (Å²) in [6.07, 6.45) is 1.96. The molecule has 234 valence electrons. The van der Waals surface area contributed by atoms with Crippen molar-refractivity contribution in [1.82, 2.24) is 10.6 Å². The summed E-state index contributed by atoms with van der Waals surface area (Å²) in [4.78, 5) is 40.6. The summed E-state index contributed by atoms with van der Waals surface area (Å²) in [5.74, 6) is -0.132. The molecule has 2 heterocycles. The first-order valence-electron chi connectivity index (χ1n) is 14.8. The number of fused-ring (bicyclic) bond motifs is 1. The second kappa shape index (κ2) is 13.8. The number of halogens is 1. The van der Waals surface area contributed by atoms with Crippen LogP contribution < -0.4 is 20.9 Å². The molecule has 1 aliphatic rings. The van der Waals surface area contributed by atoms with Crippen LogP contribution in [-0.2, 0) is 33.8 Å². The minimum atomic E-state index is -0.774. The van der Waals surface area contributed by atoms with Crippen LogP contribution >= 0.6 is 0 Å². The molecule has 1 atom stereocenters. The number of nitrogens with zero attached hydrogens (tertiary/aromatic N) is 1. The van der Waals surface area contributed by atoms with Crippen LogP contribution in [0.2, 0.25) is 0 Å². The lowest BCUT2D eigenvalue weighted by atomic mass is 9.99. The highest BCUT2D eigenvalue weighted by Gasteiger charge is 2.33. The van der Waals surface area contributed by atoms with Gasteiger partial charge in [-0.2, -0.15) is 0 Å². The zero-order valence-electron chi connectivity index (χ0n) is 25.6. The van der Waals surface area contributed by atoms with Gasteiger partial charge in [0.05, 0.1) is 32.1 Å². The number of nitrogens with one attached hydrogen (secondary N) is 3. The molecule has 45 heavy (non-hydrogen) atoms. The van der Waals surface area contributed by atoms with E-state index in [1.807, 2.05) is 68.4 Å². The van der Waals surface area contributed by atoms with Crippen molar-refractivity contribution in [3.63, 3.8) is 0 Å². The number of hydrogen-bond donors (Lipinski definition) is 3. The van der Waals surface area contributed by atoms with Crippen molar-refractivity contribution in [1.29, 1.82) is 0 Å². The van der Waals surface area contributed by atoms with Gasteiger partial charge in [0.2, 0.25) is 11.8 Å². The molecule has 0 radical (unpaired) electrons. The van der Waals surface area contributed by atoms with Gasteiger partial charge in [0.1, 0.15) is 17.6 Å². The van der Waals surface area contributed by atoms with Crippen LogP contribution in [0.15, 0.2) is 89.5 Å². The fourth-order valence-electron chi connectivity index (χ4n) is 5.47. The van der Waals surface area contributed by atoms with Gasteiger partial charge in [-0.25, -0.2) is 9.18 Å². The van der Waals surface area contributed by atoms with Crippen LogP contribution in [0, 0.1) is 5.82 Å². The van der Waals surface area contributed by atoms with Crippen molar-refractivity contribution in [3.05, 3.63) is 108 Å². The summed E-state index contributed by atoms with van der Waals surface area (Å²) in [5.41, 5.74) is 3.90. The van der Waals surface area contributed by atoms with Crippen LogP contribution in [-0.4, -0.2) is 36.6 Å². The van der Waals surface area contributed by atoms with E-state index in [0.29, 0.717) is 36.3 Å². The summed E-state index contributed by atoms with van der Waals surface area (Å²) in [6, 6.07) is 22.3. The Morgan fingerprint density at radius 1 is 1.04 bits per heavy atom. The molecule has 0 saturated heterocycles. The first-order chi connectivity index (χ1) is 21.6. The molecular formula is C35H37FN4O5. The molecule has 3 amide bonds. The molecule has 0 aliphatic carbocycles. The molecule has 1 aromatic heterocycles. The standard InChI is InChI=1S/C35H37FN4O5/c1-35(2,37-21-27-7-6-18-45-27)20-32(41)38-30-16-14-25-19-26(36)15-17-31(25)40(33(30)42)22-23-10-12-24(13-11-23)28-8-4-5-9-29(28)39-34(43)44-3/h4-13,15,17-19,30,37H,14,16,20-22H2,1-3H3,(H,38,41)(H,39,43)/t30-/m1/s1. The molecule has 9 nitrogen and oxygen atoms in total. The number of rotatable bonds is 10. The van der Waals surface area contributed by atoms with Gasteiger partial charge in [0.25, 0.3) is 0 Å². The number of carbonyl (C=O) groups excluding carboxylic acids is 3. The molecular weight excluding hydrogens is 575 g/mol. The number of benzene rings is 3. The predicted octanol–water partition coefficient (Wildman–Crippen LogP) is 6.19. The minimum absolute atomic E-state index is 0.146. The smallest absolute Gasteiger partial charge is 0.411 e. The average Bonchev–Trinajstić information content (AvgIpc) is 3.51. The maximum absolute atomic E-state index is 14.3. The first kappa shape index (κ1) is 31.5. The number of para-hydroxylation sites is 1. The van der Waals surface area contributed by atoms with Crippen LogP contribution in [0.5, 0.6) is 0 Å². The van der Waals surface area contributed by atoms with E-state index in [-0.39, 0.29) is 30.6 Å². The molecule has 0 fully saturated rings. The quantitative estimate of drug-likeness (QED) is 0.197. The third-order valence-corrected chi connectivity index (χ3v) is 7.81. The lowest BCUT2D eigenvalue weighted by Crippen LogP contribution is -2.50. The molecule has 1 aliphatic heterocycles. The lowest BCUT2D eigenvalue weighted by molar-refractivity contribution is -0.128. The van der Waals surface area contributed by atoms with Crippen LogP contribution in [0.4, 0.5) is 20.6 Å². The van der Waals surface area contributed by atoms with Crippen molar-refractivity contribution >= 4 is 29.3 Å². The Morgan fingerprint density at radius 3 is 2.56 bits per heavy atom. The molecule has 0 saturated carbocycles. The van der Waals surface area contributed by atoms with Gasteiger partial charge in [0, 0.05) is 23.2 Å². The highest BCUT2D eigenvalue weighted by Crippen LogP contribution is 2.32. The van der Waals surface area contributed by atoms with Crippen LogP contribution in [0.1, 0.15) is 43.6 Å². The first-order valence-corrected chi connectivity index (χ1v) is 14.8. The van der Waals surface area contributed by atoms with Gasteiger partial charge in [-0.1, -0.05) is 42.5 Å². The molecule has 0 bridgehead atoms. The molecule has 0 unspecified atom stereocenters. The normalized spacial score (nSPS) is 14.8. The molecule has 4 aromatic rings. The number of ether oxygens (including phenoxy) is 1. The van der Waals surface area contributed by atoms with E-state index in [0.717, 1.165) is 22.5 Å². The molecule has 3 N–H and O–H groups in total. The van der Waals surface area contributed by atoms with E-state index in [2.05, 4.69) is 16.0 Å². The van der Waals surface area contributed by atoms with Crippen molar-refractivity contribution < 1.29 is 27.9 Å². The molecule has 10 heteroatoms. The zero-order chi connectivity index (χ0) is 32.0. The van der Waals surface area contributed by atoms with Crippen molar-refractivity contribution in [2.24, 2.45) is 0 Å². The topological polar surface area (TPSA) is 113 Å². The van der Waals surface area contributed by atoms with Gasteiger partial charge in [-0.3, -0.25) is 14.9 Å². The van der Waals surface area contributed by atoms with Gasteiger partial charge < -0.3 is 24.7 Å². The Labute approximate surface area is 261 Å². The number of amides is 3. The van der Waals surface area contributed by atoms with Gasteiger partial charge in [0.15, 0.2) is 0 Å². The summed E-state index contributed by atoms with van der Waals surface area (Å²) >= 11 is 0. The van der Waals surface area contributed by atoms with E-state index < -0.39 is 17.7 Å². The number of hydrogen-bond acceptors (Lipinski definition) is 6. The number of anilines is 2. The predicted molar refractivity (Wildman–Crippen MR) is 170 cm³/mol. The molecule has 5 rings (SSSR count). The van der Waals surface area contributed by atoms with Crippen molar-refractivity contribution in [2.45, 2.75) is 57.8 Å². The number of aryl methyl sites for hydroxylation is 1. The fraction of sp³-hybridized carbons (Fsp3) is 0.286. The Hall–Kier alpha value is -4.96. The monoisotopic (exact) mass is 612 g/mol. The Bertz CT molecular complexity index is 1650. The third-order valence-electron chi connectivity index (χ3n) is 7.81. The summed E-state index contributed by atoms with van der Waals surface area (Å²) in [6.45, 7) is 4.53. The summed E-state index contributed by atoms with van der Waals surface area (Å²) in [7, 11) is 1.31. The molecule has 0 spiro atoms. The van der Waals surface area contributed by atoms with E-state index >= 15 is 0 Å². The fourth-order valence-corrected chi connectivity index (χ4v) is 5.47. The average molecular weight is 613 g/mol. The van der Waals surface area contributed by atoms with E-state index in [4.69, 9.17) is 9.15 Å². The van der Waals surface area contributed by atoms with Crippen LogP contribution in [0.25, 0.3) is 11.1 Å². The summed E-state index contributed by atoms with van der Waals surface area (Å²) in [5, 5.41) is 9.00. The molecule has 3 aromatic carbocycles. The van der Waals surface area contributed by atoms with Gasteiger partial charge >= 0.3 is 6.09 Å². The Kier molecular flexibility index (Phi) is 9.63. The lowest BCUT2D eigenvalue weighted by Gasteiger charge is -2.29. The summed E-state index contributed by atoms with van der Waals surface area (Å²) < 4.78 is 24.4. The largest absolute Gasteiger partial charge is 0.468 e. The minimum Gasteiger partial charge on any atom is -0.468 e. The number of carbonyl (C=O) groups is 3. The third kappa shape index (κ3) is 7.96. The van der Waals surface area contributed by atoms with E-state index in [1.165, 1.54) is 19.2 Å². The number of methoxy groups -OCH3 is 1. The Balaban J connectivity index is 1.32. The number of furan rings is 1. The second-order valence-electron chi connectivity index (χ2n) is 11.7. The highest BCUT2D eigenvalue weighted by molar-refractivity contribution is 6.00. The van der Waals surface area contributed by atoms with Crippen LogP contribution in [0.3, 0.4) is 0 Å². The van der Waals surface area contributed by atoms with Crippen molar-refractivity contribution in [2.75, 3.05) is 17.3 Å². The highest BCUT2D eigenvalue weighted by atomic mass is 19.1. The zero-order valence-corrected chi connectivity index (χ0v) is 25.6. The maximum Gasteiger partial charge on any atom is 0.411 e. The second-order valence-corrected chi connectivity index (χ2v) is 11.7. The Morgan fingerprint density at radius 2 is 1.82 bits per heavy atom.